The van der Waals surface area contributed by atoms with E-state index in [-0.39, 0.29) is 18.6 Å². The summed E-state index contributed by atoms with van der Waals surface area (Å²) in [4.78, 5) is 54.3. The Bertz CT molecular complexity index is 1370. The number of aliphatic hydroxyl groups is 1. The number of amides is 3. The van der Waals surface area contributed by atoms with Gasteiger partial charge in [-0.25, -0.2) is 4.79 Å². The molecule has 0 aliphatic heterocycles. The van der Waals surface area contributed by atoms with Gasteiger partial charge in [0, 0.05) is 23.5 Å². The summed E-state index contributed by atoms with van der Waals surface area (Å²) in [7, 11) is 0. The summed E-state index contributed by atoms with van der Waals surface area (Å²) in [6.45, 7) is 4.57. The van der Waals surface area contributed by atoms with E-state index in [1.54, 1.807) is 32.2 Å². The normalized spacial score (nSPS) is 15.0. The number of carbonyl (C=O) groups excluding carboxylic acids is 3. The summed E-state index contributed by atoms with van der Waals surface area (Å²) in [5.74, 6) is -3.85. The maximum absolute atomic E-state index is 13.6. The molecule has 3 aromatic rings. The van der Waals surface area contributed by atoms with Gasteiger partial charge in [-0.3, -0.25) is 14.4 Å². The van der Waals surface area contributed by atoms with Gasteiger partial charge in [0.05, 0.1) is 12.1 Å². The van der Waals surface area contributed by atoms with Crippen molar-refractivity contribution in [1.82, 2.24) is 20.9 Å². The first-order chi connectivity index (χ1) is 19.4. The molecule has 0 saturated carbocycles. The Morgan fingerprint density at radius 2 is 1.49 bits per heavy atom. The van der Waals surface area contributed by atoms with E-state index in [4.69, 9.17) is 5.73 Å². The average Bonchev–Trinajstić information content (AvgIpc) is 3.33. The highest BCUT2D eigenvalue weighted by atomic mass is 16.4. The number of nitrogens with two attached hydrogens (primary N) is 1. The molecule has 5 atom stereocenters. The van der Waals surface area contributed by atoms with E-state index in [0.29, 0.717) is 5.56 Å². The fourth-order valence-electron chi connectivity index (χ4n) is 4.41. The topological polar surface area (TPSA) is 207 Å². The molecule has 0 aliphatic rings. The number of fused-ring (bicyclic) bond motifs is 1. The number of carbonyl (C=O) groups is 4. The van der Waals surface area contributed by atoms with Crippen LogP contribution in [0.3, 0.4) is 0 Å². The molecule has 220 valence electrons. The first kappa shape index (κ1) is 31.1. The monoisotopic (exact) mass is 567 g/mol. The first-order valence-electron chi connectivity index (χ1n) is 13.3. The Morgan fingerprint density at radius 1 is 0.854 bits per heavy atom. The van der Waals surface area contributed by atoms with Crippen LogP contribution in [0.2, 0.25) is 0 Å². The van der Waals surface area contributed by atoms with Gasteiger partial charge in [-0.2, -0.15) is 0 Å². The fourth-order valence-corrected chi connectivity index (χ4v) is 4.41. The number of rotatable bonds is 13. The largest absolute Gasteiger partial charge is 0.508 e. The molecule has 1 heterocycles. The van der Waals surface area contributed by atoms with Crippen molar-refractivity contribution in [3.63, 3.8) is 0 Å². The van der Waals surface area contributed by atoms with E-state index < -0.39 is 59.9 Å². The van der Waals surface area contributed by atoms with Crippen LogP contribution in [0.1, 0.15) is 31.9 Å². The number of aromatic amines is 1. The van der Waals surface area contributed by atoms with Gasteiger partial charge in [0.2, 0.25) is 17.7 Å². The van der Waals surface area contributed by atoms with Crippen molar-refractivity contribution in [3.05, 3.63) is 65.9 Å². The summed E-state index contributed by atoms with van der Waals surface area (Å²) in [5.41, 5.74) is 8.46. The van der Waals surface area contributed by atoms with Crippen LogP contribution in [-0.4, -0.2) is 74.3 Å². The van der Waals surface area contributed by atoms with Crippen molar-refractivity contribution in [2.45, 2.75) is 63.9 Å². The number of aromatic nitrogens is 1. The Balaban J connectivity index is 1.82. The highest BCUT2D eigenvalue weighted by Crippen LogP contribution is 2.20. The predicted octanol–water partition coefficient (Wildman–Crippen LogP) is 0.562. The third kappa shape index (κ3) is 8.29. The minimum atomic E-state index is -1.57. The van der Waals surface area contributed by atoms with Crippen molar-refractivity contribution in [1.29, 1.82) is 0 Å². The Hall–Kier alpha value is -4.42. The summed E-state index contributed by atoms with van der Waals surface area (Å²) in [5, 5.41) is 37.1. The third-order valence-corrected chi connectivity index (χ3v) is 6.75. The lowest BCUT2D eigenvalue weighted by molar-refractivity contribution is -0.145. The number of H-pyrrole nitrogens is 1. The van der Waals surface area contributed by atoms with Gasteiger partial charge in [0.15, 0.2) is 6.04 Å². The lowest BCUT2D eigenvalue weighted by Gasteiger charge is -2.27. The number of benzene rings is 2. The van der Waals surface area contributed by atoms with Crippen molar-refractivity contribution in [3.8, 4) is 5.75 Å². The summed E-state index contributed by atoms with van der Waals surface area (Å²) >= 11 is 0. The van der Waals surface area contributed by atoms with E-state index in [2.05, 4.69) is 20.9 Å². The molecule has 0 radical (unpaired) electrons. The first-order valence-corrected chi connectivity index (χ1v) is 13.3. The number of para-hydroxylation sites is 1. The molecular weight excluding hydrogens is 530 g/mol. The van der Waals surface area contributed by atoms with E-state index >= 15 is 0 Å². The van der Waals surface area contributed by atoms with E-state index in [1.807, 2.05) is 24.3 Å². The molecule has 0 aliphatic carbocycles. The number of aliphatic hydroxyl groups excluding tert-OH is 1. The van der Waals surface area contributed by atoms with Gasteiger partial charge in [-0.05, 0) is 48.6 Å². The second-order valence-corrected chi connectivity index (χ2v) is 10.4. The number of hydrogen-bond acceptors (Lipinski definition) is 7. The van der Waals surface area contributed by atoms with Gasteiger partial charge < -0.3 is 42.0 Å². The minimum Gasteiger partial charge on any atom is -0.508 e. The predicted molar refractivity (Wildman–Crippen MR) is 152 cm³/mol. The maximum atomic E-state index is 13.6. The van der Waals surface area contributed by atoms with Crippen LogP contribution >= 0.6 is 0 Å². The van der Waals surface area contributed by atoms with Gasteiger partial charge >= 0.3 is 5.97 Å². The van der Waals surface area contributed by atoms with Gasteiger partial charge in [-0.15, -0.1) is 0 Å². The Kier molecular flexibility index (Phi) is 10.5. The van der Waals surface area contributed by atoms with Crippen LogP contribution < -0.4 is 21.7 Å². The number of phenols is 1. The van der Waals surface area contributed by atoms with Crippen LogP contribution in [-0.2, 0) is 32.0 Å². The smallest absolute Gasteiger partial charge is 0.328 e. The van der Waals surface area contributed by atoms with Crippen LogP contribution in [0.5, 0.6) is 5.75 Å². The molecule has 2 aromatic carbocycles. The standard InChI is InChI=1S/C29H37N5O7/c1-15(2)24(28(39)34-25(16(3)35)29(40)41)33-27(38)23(13-18-14-31-22-7-5-4-6-20(18)22)32-26(37)21(30)12-17-8-10-19(36)11-9-17/h4-11,14-16,21,23-25,31,35-36H,12-13,30H2,1-3H3,(H,32,37)(H,33,38)(H,34,39)(H,40,41). The lowest BCUT2D eigenvalue weighted by Crippen LogP contribution is -2.60. The van der Waals surface area contributed by atoms with Crippen LogP contribution in [0, 0.1) is 5.92 Å². The van der Waals surface area contributed by atoms with Crippen molar-refractivity contribution >= 4 is 34.6 Å². The molecule has 3 rings (SSSR count). The number of carboxylic acids is 1. The number of aromatic hydroxyl groups is 1. The minimum absolute atomic E-state index is 0.0748. The second-order valence-electron chi connectivity index (χ2n) is 10.4. The molecule has 41 heavy (non-hydrogen) atoms. The molecule has 0 saturated heterocycles. The van der Waals surface area contributed by atoms with Crippen LogP contribution in [0.4, 0.5) is 0 Å². The molecule has 0 spiro atoms. The molecule has 1 aromatic heterocycles. The molecule has 12 heteroatoms. The summed E-state index contributed by atoms with van der Waals surface area (Å²) < 4.78 is 0. The lowest BCUT2D eigenvalue weighted by atomic mass is 9.99. The fraction of sp³-hybridized carbons (Fsp3) is 0.379. The zero-order valence-corrected chi connectivity index (χ0v) is 23.1. The van der Waals surface area contributed by atoms with Crippen molar-refractivity contribution in [2.75, 3.05) is 0 Å². The third-order valence-electron chi connectivity index (χ3n) is 6.75. The molecule has 0 fully saturated rings. The number of hydrogen-bond donors (Lipinski definition) is 8. The van der Waals surface area contributed by atoms with E-state index in [1.165, 1.54) is 19.1 Å². The Morgan fingerprint density at radius 3 is 2.10 bits per heavy atom. The number of carboxylic acid groups (broad SMARTS) is 1. The number of phenolic OH excluding ortho intramolecular Hbond substituents is 1. The Labute approximate surface area is 237 Å². The zero-order chi connectivity index (χ0) is 30.3. The highest BCUT2D eigenvalue weighted by Gasteiger charge is 2.33. The van der Waals surface area contributed by atoms with Crippen LogP contribution in [0.15, 0.2) is 54.7 Å². The molecule has 3 amide bonds. The zero-order valence-electron chi connectivity index (χ0n) is 23.1. The highest BCUT2D eigenvalue weighted by molar-refractivity contribution is 5.95. The van der Waals surface area contributed by atoms with E-state index in [0.717, 1.165) is 16.5 Å². The summed E-state index contributed by atoms with van der Waals surface area (Å²) in [6, 6.07) is 8.84. The van der Waals surface area contributed by atoms with Crippen molar-refractivity contribution < 1.29 is 34.5 Å². The average molecular weight is 568 g/mol. The second kappa shape index (κ2) is 13.8. The van der Waals surface area contributed by atoms with Gasteiger partial charge in [0.1, 0.15) is 17.8 Å². The van der Waals surface area contributed by atoms with Gasteiger partial charge in [0.25, 0.3) is 0 Å². The molecule has 9 N–H and O–H groups in total. The van der Waals surface area contributed by atoms with Crippen LogP contribution in [0.25, 0.3) is 10.9 Å². The molecule has 0 bridgehead atoms. The number of nitrogens with one attached hydrogen (secondary N) is 4. The molecule has 5 unspecified atom stereocenters. The number of aliphatic carboxylic acids is 1. The molecule has 12 nitrogen and oxygen atoms in total. The van der Waals surface area contributed by atoms with Gasteiger partial charge in [-0.1, -0.05) is 44.2 Å². The quantitative estimate of drug-likeness (QED) is 0.146. The maximum Gasteiger partial charge on any atom is 0.328 e. The van der Waals surface area contributed by atoms with E-state index in [9.17, 15) is 34.5 Å². The SMILES string of the molecule is CC(C)C(NC(=O)C(Cc1c[nH]c2ccccc12)NC(=O)C(N)Cc1ccc(O)cc1)C(=O)NC(C(=O)O)C(C)O. The molecular formula is C29H37N5O7. The van der Waals surface area contributed by atoms with Crippen molar-refractivity contribution in [2.24, 2.45) is 11.7 Å². The summed E-state index contributed by atoms with van der Waals surface area (Å²) in [6.07, 6.45) is 0.593.